The molecule has 0 unspecified atom stereocenters. The van der Waals surface area contributed by atoms with Crippen molar-refractivity contribution in [3.05, 3.63) is 34.3 Å². The Labute approximate surface area is 79.6 Å². The van der Waals surface area contributed by atoms with E-state index in [1.54, 1.807) is 0 Å². The topological polar surface area (TPSA) is 0 Å². The minimum Gasteiger partial charge on any atom is -0.0840 e. The summed E-state index contributed by atoms with van der Waals surface area (Å²) in [7, 11) is 0. The van der Waals surface area contributed by atoms with Crippen LogP contribution in [0.25, 0.3) is 0 Å². The normalized spacial score (nSPS) is 11.8. The number of aryl methyl sites for hydroxylation is 1. The molecule has 0 saturated heterocycles. The molecule has 0 saturated carbocycles. The molecule has 1 aromatic rings. The molecule has 0 radical (unpaired) electrons. The molecule has 0 bridgehead atoms. The molecular formula is C11H15Cl. The highest BCUT2D eigenvalue weighted by atomic mass is 35.5. The molecule has 1 aromatic carbocycles. The van der Waals surface area contributed by atoms with Crippen molar-refractivity contribution in [3.63, 3.8) is 0 Å². The van der Waals surface area contributed by atoms with Crippen molar-refractivity contribution in [3.8, 4) is 0 Å². The molecule has 0 aliphatic carbocycles. The summed E-state index contributed by atoms with van der Waals surface area (Å²) in [5.74, 6) is 0. The highest BCUT2D eigenvalue weighted by Gasteiger charge is 2.16. The lowest BCUT2D eigenvalue weighted by molar-refractivity contribution is 0.590. The highest BCUT2D eigenvalue weighted by molar-refractivity contribution is 6.31. The summed E-state index contributed by atoms with van der Waals surface area (Å²) >= 11 is 6.08. The molecule has 0 aromatic heterocycles. The molecule has 0 N–H and O–H groups in total. The molecule has 66 valence electrons. The van der Waals surface area contributed by atoms with E-state index in [0.717, 1.165) is 5.02 Å². The molecule has 12 heavy (non-hydrogen) atoms. The van der Waals surface area contributed by atoms with Gasteiger partial charge in [0.1, 0.15) is 0 Å². The Morgan fingerprint density at radius 2 is 1.75 bits per heavy atom. The van der Waals surface area contributed by atoms with Crippen LogP contribution in [0.3, 0.4) is 0 Å². The molecular weight excluding hydrogens is 168 g/mol. The molecule has 0 aliphatic heterocycles. The Kier molecular flexibility index (Phi) is 2.48. The molecule has 0 atom stereocenters. The smallest absolute Gasteiger partial charge is 0.0443 e. The van der Waals surface area contributed by atoms with Gasteiger partial charge in [-0.2, -0.15) is 0 Å². The summed E-state index contributed by atoms with van der Waals surface area (Å²) in [6, 6.07) is 6.16. The Morgan fingerprint density at radius 3 is 2.17 bits per heavy atom. The summed E-state index contributed by atoms with van der Waals surface area (Å²) in [4.78, 5) is 0. The lowest BCUT2D eigenvalue weighted by Crippen LogP contribution is -2.11. The number of benzene rings is 1. The summed E-state index contributed by atoms with van der Waals surface area (Å²) in [5, 5.41) is 0.869. The number of rotatable bonds is 0. The zero-order valence-electron chi connectivity index (χ0n) is 8.11. The summed E-state index contributed by atoms with van der Waals surface area (Å²) in [5.41, 5.74) is 2.64. The van der Waals surface area contributed by atoms with Gasteiger partial charge in [0.15, 0.2) is 0 Å². The van der Waals surface area contributed by atoms with Gasteiger partial charge in [0.25, 0.3) is 0 Å². The average Bonchev–Trinajstić information content (AvgIpc) is 1.92. The van der Waals surface area contributed by atoms with Gasteiger partial charge in [-0.15, -0.1) is 0 Å². The first-order valence-electron chi connectivity index (χ1n) is 4.18. The minimum atomic E-state index is 0.142. The first kappa shape index (κ1) is 9.60. The van der Waals surface area contributed by atoms with Gasteiger partial charge in [0.05, 0.1) is 0 Å². The van der Waals surface area contributed by atoms with Crippen molar-refractivity contribution in [2.45, 2.75) is 33.1 Å². The largest absolute Gasteiger partial charge is 0.0840 e. The van der Waals surface area contributed by atoms with E-state index in [1.807, 2.05) is 12.1 Å². The lowest BCUT2D eigenvalue weighted by Gasteiger charge is -2.20. The maximum Gasteiger partial charge on any atom is 0.0443 e. The van der Waals surface area contributed by atoms with E-state index < -0.39 is 0 Å². The Hall–Kier alpha value is -0.490. The summed E-state index contributed by atoms with van der Waals surface area (Å²) < 4.78 is 0. The molecule has 0 spiro atoms. The van der Waals surface area contributed by atoms with Crippen molar-refractivity contribution < 1.29 is 0 Å². The second-order valence-corrected chi connectivity index (χ2v) is 4.64. The third kappa shape index (κ3) is 2.01. The van der Waals surface area contributed by atoms with Gasteiger partial charge < -0.3 is 0 Å². The predicted molar refractivity (Wildman–Crippen MR) is 54.9 cm³/mol. The zero-order chi connectivity index (χ0) is 9.35. The van der Waals surface area contributed by atoms with Crippen molar-refractivity contribution >= 4 is 11.6 Å². The molecule has 0 amide bonds. The van der Waals surface area contributed by atoms with Crippen LogP contribution in [0.1, 0.15) is 31.9 Å². The third-order valence-electron chi connectivity index (χ3n) is 1.93. The van der Waals surface area contributed by atoms with E-state index in [-0.39, 0.29) is 5.41 Å². The number of halogens is 1. The molecule has 0 heterocycles. The molecule has 1 rings (SSSR count). The van der Waals surface area contributed by atoms with Gasteiger partial charge in [-0.05, 0) is 24.0 Å². The van der Waals surface area contributed by atoms with Crippen LogP contribution < -0.4 is 0 Å². The van der Waals surface area contributed by atoms with E-state index in [0.29, 0.717) is 0 Å². The van der Waals surface area contributed by atoms with Gasteiger partial charge in [0.2, 0.25) is 0 Å². The van der Waals surface area contributed by atoms with Crippen molar-refractivity contribution in [1.29, 1.82) is 0 Å². The van der Waals surface area contributed by atoms with Crippen LogP contribution in [0.15, 0.2) is 18.2 Å². The van der Waals surface area contributed by atoms with E-state index in [4.69, 9.17) is 11.6 Å². The van der Waals surface area contributed by atoms with Crippen molar-refractivity contribution in [1.82, 2.24) is 0 Å². The molecule has 0 fully saturated rings. The quantitative estimate of drug-likeness (QED) is 0.570. The SMILES string of the molecule is Cc1ccc(Cl)c(C(C)(C)C)c1. The number of hydrogen-bond acceptors (Lipinski definition) is 0. The second-order valence-electron chi connectivity index (χ2n) is 4.23. The van der Waals surface area contributed by atoms with Crippen LogP contribution in [-0.4, -0.2) is 0 Å². The third-order valence-corrected chi connectivity index (χ3v) is 2.26. The number of hydrogen-bond donors (Lipinski definition) is 0. The van der Waals surface area contributed by atoms with Crippen LogP contribution in [0.5, 0.6) is 0 Å². The zero-order valence-corrected chi connectivity index (χ0v) is 8.87. The highest BCUT2D eigenvalue weighted by Crippen LogP contribution is 2.29. The average molecular weight is 183 g/mol. The van der Waals surface area contributed by atoms with Crippen LogP contribution in [0, 0.1) is 6.92 Å². The Balaban J connectivity index is 3.23. The Bertz CT molecular complexity index is 282. The Morgan fingerprint density at radius 1 is 1.17 bits per heavy atom. The minimum absolute atomic E-state index is 0.142. The first-order valence-corrected chi connectivity index (χ1v) is 4.55. The van der Waals surface area contributed by atoms with Crippen molar-refractivity contribution in [2.75, 3.05) is 0 Å². The van der Waals surface area contributed by atoms with Gasteiger partial charge in [-0.3, -0.25) is 0 Å². The maximum absolute atomic E-state index is 6.08. The fourth-order valence-corrected chi connectivity index (χ4v) is 1.61. The van der Waals surface area contributed by atoms with Crippen LogP contribution >= 0.6 is 11.6 Å². The molecule has 0 nitrogen and oxygen atoms in total. The fourth-order valence-electron chi connectivity index (χ4n) is 1.21. The summed E-state index contributed by atoms with van der Waals surface area (Å²) in [6.07, 6.45) is 0. The predicted octanol–water partition coefficient (Wildman–Crippen LogP) is 3.95. The fraction of sp³-hybridized carbons (Fsp3) is 0.455. The van der Waals surface area contributed by atoms with Gasteiger partial charge in [-0.1, -0.05) is 50.1 Å². The van der Waals surface area contributed by atoms with Gasteiger partial charge >= 0.3 is 0 Å². The van der Waals surface area contributed by atoms with Crippen LogP contribution in [-0.2, 0) is 5.41 Å². The van der Waals surface area contributed by atoms with E-state index in [9.17, 15) is 0 Å². The van der Waals surface area contributed by atoms with Gasteiger partial charge in [-0.25, -0.2) is 0 Å². The van der Waals surface area contributed by atoms with E-state index in [1.165, 1.54) is 11.1 Å². The standard InChI is InChI=1S/C11H15Cl/c1-8-5-6-10(12)9(7-8)11(2,3)4/h5-7H,1-4H3. The van der Waals surface area contributed by atoms with Gasteiger partial charge in [0, 0.05) is 5.02 Å². The van der Waals surface area contributed by atoms with Crippen LogP contribution in [0.2, 0.25) is 5.02 Å². The van der Waals surface area contributed by atoms with Crippen LogP contribution in [0.4, 0.5) is 0 Å². The second kappa shape index (κ2) is 3.10. The van der Waals surface area contributed by atoms with E-state index in [2.05, 4.69) is 33.8 Å². The monoisotopic (exact) mass is 182 g/mol. The summed E-state index contributed by atoms with van der Waals surface area (Å²) in [6.45, 7) is 8.61. The van der Waals surface area contributed by atoms with E-state index >= 15 is 0 Å². The lowest BCUT2D eigenvalue weighted by atomic mass is 9.86. The maximum atomic E-state index is 6.08. The molecule has 0 aliphatic rings. The van der Waals surface area contributed by atoms with Crippen molar-refractivity contribution in [2.24, 2.45) is 0 Å². The first-order chi connectivity index (χ1) is 5.41. The molecule has 1 heteroatoms.